The first-order valence-corrected chi connectivity index (χ1v) is 7.00. The minimum Gasteiger partial charge on any atom is -0.466 e. The molecule has 2 nitrogen and oxygen atoms in total. The Morgan fingerprint density at radius 1 is 0.778 bits per heavy atom. The van der Waals surface area contributed by atoms with E-state index in [2.05, 4.69) is 36.5 Å². The van der Waals surface area contributed by atoms with Crippen LogP contribution in [0.1, 0.15) is 51.4 Å². The number of rotatable bonds is 0. The quantitative estimate of drug-likeness (QED) is 0.471. The number of carbonyl (C=O) groups is 1. The van der Waals surface area contributed by atoms with Crippen molar-refractivity contribution in [3.8, 4) is 0 Å². The van der Waals surface area contributed by atoms with E-state index in [1.807, 2.05) is 0 Å². The molecule has 1 rings (SSSR count). The highest BCUT2D eigenvalue weighted by Gasteiger charge is 2.01. The number of esters is 1. The van der Waals surface area contributed by atoms with Gasteiger partial charge in [-0.2, -0.15) is 0 Å². The van der Waals surface area contributed by atoms with Crippen molar-refractivity contribution in [3.63, 3.8) is 0 Å². The second kappa shape index (κ2) is 10.8. The Hall–Kier alpha value is -1.31. The first kappa shape index (κ1) is 14.7. The summed E-state index contributed by atoms with van der Waals surface area (Å²) in [7, 11) is 0. The summed E-state index contributed by atoms with van der Waals surface area (Å²) in [5.74, 6) is -0.0473. The van der Waals surface area contributed by atoms with E-state index in [9.17, 15) is 4.79 Å². The van der Waals surface area contributed by atoms with Crippen LogP contribution in [0.25, 0.3) is 0 Å². The van der Waals surface area contributed by atoms with Crippen molar-refractivity contribution in [2.24, 2.45) is 0 Å². The van der Waals surface area contributed by atoms with Crippen LogP contribution in [0, 0.1) is 0 Å². The van der Waals surface area contributed by atoms with Gasteiger partial charge < -0.3 is 4.74 Å². The third kappa shape index (κ3) is 8.80. The van der Waals surface area contributed by atoms with E-state index in [0.29, 0.717) is 13.0 Å². The van der Waals surface area contributed by atoms with Crippen molar-refractivity contribution < 1.29 is 9.53 Å². The fourth-order valence-electron chi connectivity index (χ4n) is 1.77. The molecular formula is C16H24O2. The first-order chi connectivity index (χ1) is 8.89. The molecule has 0 spiro atoms. The minimum atomic E-state index is -0.0473. The summed E-state index contributed by atoms with van der Waals surface area (Å²) >= 11 is 0. The van der Waals surface area contributed by atoms with Crippen LogP contribution in [0.2, 0.25) is 0 Å². The highest BCUT2D eigenvalue weighted by molar-refractivity contribution is 5.69. The molecule has 0 unspecified atom stereocenters. The second-order valence-corrected chi connectivity index (χ2v) is 4.49. The maximum Gasteiger partial charge on any atom is 0.305 e. The summed E-state index contributed by atoms with van der Waals surface area (Å²) in [6.45, 7) is 0.554. The van der Waals surface area contributed by atoms with Gasteiger partial charge >= 0.3 is 5.97 Å². The van der Waals surface area contributed by atoms with Gasteiger partial charge in [-0.25, -0.2) is 0 Å². The Bertz CT molecular complexity index is 272. The number of allylic oxidation sites excluding steroid dienone is 6. The van der Waals surface area contributed by atoms with Crippen molar-refractivity contribution in [3.05, 3.63) is 36.5 Å². The lowest BCUT2D eigenvalue weighted by Gasteiger charge is -2.03. The van der Waals surface area contributed by atoms with E-state index >= 15 is 0 Å². The van der Waals surface area contributed by atoms with Crippen LogP contribution in [-0.4, -0.2) is 12.6 Å². The monoisotopic (exact) mass is 248 g/mol. The predicted molar refractivity (Wildman–Crippen MR) is 75.3 cm³/mol. The van der Waals surface area contributed by atoms with Gasteiger partial charge in [-0.1, -0.05) is 36.5 Å². The summed E-state index contributed by atoms with van der Waals surface area (Å²) in [5.41, 5.74) is 0. The maximum atomic E-state index is 11.4. The van der Waals surface area contributed by atoms with E-state index in [-0.39, 0.29) is 5.97 Å². The largest absolute Gasteiger partial charge is 0.466 e. The smallest absolute Gasteiger partial charge is 0.305 e. The lowest BCUT2D eigenvalue weighted by molar-refractivity contribution is -0.143. The number of hydrogen-bond donors (Lipinski definition) is 0. The average Bonchev–Trinajstić information content (AvgIpc) is 2.37. The molecular weight excluding hydrogens is 224 g/mol. The molecule has 0 aromatic rings. The molecule has 0 radical (unpaired) electrons. The molecule has 0 saturated heterocycles. The zero-order valence-electron chi connectivity index (χ0n) is 11.1. The highest BCUT2D eigenvalue weighted by atomic mass is 16.5. The van der Waals surface area contributed by atoms with Gasteiger partial charge in [0.05, 0.1) is 6.61 Å². The van der Waals surface area contributed by atoms with Gasteiger partial charge in [-0.15, -0.1) is 0 Å². The summed E-state index contributed by atoms with van der Waals surface area (Å²) in [6.07, 6.45) is 20.6. The molecule has 2 heteroatoms. The number of hydrogen-bond acceptors (Lipinski definition) is 2. The number of ether oxygens (including phenoxy) is 1. The molecule has 0 aliphatic carbocycles. The molecule has 1 aliphatic heterocycles. The van der Waals surface area contributed by atoms with Gasteiger partial charge in [-0.3, -0.25) is 4.79 Å². The number of cyclic esters (lactones) is 1. The van der Waals surface area contributed by atoms with E-state index < -0.39 is 0 Å². The molecule has 0 atom stereocenters. The van der Waals surface area contributed by atoms with Crippen LogP contribution in [0.4, 0.5) is 0 Å². The Morgan fingerprint density at radius 2 is 1.39 bits per heavy atom. The van der Waals surface area contributed by atoms with Gasteiger partial charge in [0.1, 0.15) is 0 Å². The van der Waals surface area contributed by atoms with Crippen LogP contribution in [0.3, 0.4) is 0 Å². The molecule has 0 aromatic carbocycles. The van der Waals surface area contributed by atoms with E-state index in [1.165, 1.54) is 0 Å². The van der Waals surface area contributed by atoms with Crippen molar-refractivity contribution in [2.45, 2.75) is 51.4 Å². The predicted octanol–water partition coefficient (Wildman–Crippen LogP) is 4.33. The van der Waals surface area contributed by atoms with E-state index in [4.69, 9.17) is 4.74 Å². The lowest BCUT2D eigenvalue weighted by Crippen LogP contribution is -2.05. The number of carbonyl (C=O) groups excluding carboxylic acids is 1. The Labute approximate surface area is 110 Å². The molecule has 0 fully saturated rings. The van der Waals surface area contributed by atoms with Crippen LogP contribution < -0.4 is 0 Å². The molecule has 18 heavy (non-hydrogen) atoms. The van der Waals surface area contributed by atoms with Gasteiger partial charge in [0.15, 0.2) is 0 Å². The van der Waals surface area contributed by atoms with Crippen molar-refractivity contribution in [1.29, 1.82) is 0 Å². The Morgan fingerprint density at radius 3 is 2.11 bits per heavy atom. The van der Waals surface area contributed by atoms with Crippen LogP contribution in [-0.2, 0) is 9.53 Å². The van der Waals surface area contributed by atoms with Gasteiger partial charge in [0.25, 0.3) is 0 Å². The van der Waals surface area contributed by atoms with Crippen LogP contribution in [0.15, 0.2) is 36.5 Å². The van der Waals surface area contributed by atoms with E-state index in [1.54, 1.807) is 0 Å². The van der Waals surface area contributed by atoms with Crippen LogP contribution in [0.5, 0.6) is 0 Å². The molecule has 1 heterocycles. The fourth-order valence-corrected chi connectivity index (χ4v) is 1.77. The summed E-state index contributed by atoms with van der Waals surface area (Å²) in [5, 5.41) is 0. The van der Waals surface area contributed by atoms with Gasteiger partial charge in [-0.05, 0) is 44.9 Å². The molecule has 0 N–H and O–H groups in total. The highest BCUT2D eigenvalue weighted by Crippen LogP contribution is 2.04. The van der Waals surface area contributed by atoms with Crippen molar-refractivity contribution in [2.75, 3.05) is 6.61 Å². The van der Waals surface area contributed by atoms with Gasteiger partial charge in [0.2, 0.25) is 0 Å². The SMILES string of the molecule is O=C1CCCCC=CCC=CCC=CCCCO1. The maximum absolute atomic E-state index is 11.4. The zero-order valence-corrected chi connectivity index (χ0v) is 11.1. The minimum absolute atomic E-state index is 0.0473. The second-order valence-electron chi connectivity index (χ2n) is 4.49. The normalized spacial score (nSPS) is 20.3. The third-order valence-corrected chi connectivity index (χ3v) is 2.82. The van der Waals surface area contributed by atoms with Crippen molar-refractivity contribution in [1.82, 2.24) is 0 Å². The molecule has 0 amide bonds. The molecule has 100 valence electrons. The molecule has 0 bridgehead atoms. The zero-order chi connectivity index (χ0) is 12.9. The summed E-state index contributed by atoms with van der Waals surface area (Å²) in [4.78, 5) is 11.4. The van der Waals surface area contributed by atoms with E-state index in [0.717, 1.165) is 44.9 Å². The standard InChI is InChI=1S/C16H24O2/c17-16-14-12-10-8-6-4-2-1-3-5-7-9-11-13-15-18-16/h1,3-4,6-7,9H,2,5,8,10-15H2. The molecule has 0 aromatic heterocycles. The molecule has 0 saturated carbocycles. The Balaban J connectivity index is 2.31. The van der Waals surface area contributed by atoms with Crippen LogP contribution >= 0.6 is 0 Å². The summed E-state index contributed by atoms with van der Waals surface area (Å²) in [6, 6.07) is 0. The Kier molecular flexibility index (Phi) is 8.87. The average molecular weight is 248 g/mol. The lowest BCUT2D eigenvalue weighted by atomic mass is 10.2. The topological polar surface area (TPSA) is 26.3 Å². The summed E-state index contributed by atoms with van der Waals surface area (Å²) < 4.78 is 5.16. The van der Waals surface area contributed by atoms with Crippen molar-refractivity contribution >= 4 is 5.97 Å². The van der Waals surface area contributed by atoms with Gasteiger partial charge in [0, 0.05) is 6.42 Å². The third-order valence-electron chi connectivity index (χ3n) is 2.82. The first-order valence-electron chi connectivity index (χ1n) is 7.00. The molecule has 1 aliphatic rings. The fraction of sp³-hybridized carbons (Fsp3) is 0.562.